The molecule has 0 aromatic heterocycles. The van der Waals surface area contributed by atoms with Gasteiger partial charge in [0, 0.05) is 25.0 Å². The van der Waals surface area contributed by atoms with Crippen LogP contribution in [0.5, 0.6) is 0 Å². The molecule has 1 fully saturated rings. The first-order valence-corrected chi connectivity index (χ1v) is 7.26. The van der Waals surface area contributed by atoms with E-state index in [-0.39, 0.29) is 11.4 Å². The van der Waals surface area contributed by atoms with Crippen LogP contribution in [-0.2, 0) is 4.79 Å². The Bertz CT molecular complexity index is 249. The quantitative estimate of drug-likeness (QED) is 0.722. The summed E-state index contributed by atoms with van der Waals surface area (Å²) in [4.78, 5) is 14.2. The van der Waals surface area contributed by atoms with Crippen LogP contribution in [0.4, 0.5) is 0 Å². The smallest absolute Gasteiger partial charge is 0.221 e. The Morgan fingerprint density at radius 3 is 2.50 bits per heavy atom. The molecule has 2 N–H and O–H groups in total. The Morgan fingerprint density at radius 2 is 1.94 bits per heavy atom. The lowest BCUT2D eigenvalue weighted by Gasteiger charge is -2.36. The van der Waals surface area contributed by atoms with Crippen molar-refractivity contribution in [2.45, 2.75) is 51.0 Å². The molecule has 0 saturated heterocycles. The van der Waals surface area contributed by atoms with Gasteiger partial charge in [-0.25, -0.2) is 0 Å². The molecule has 1 aliphatic rings. The molecule has 4 heteroatoms. The molecule has 1 amide bonds. The summed E-state index contributed by atoms with van der Waals surface area (Å²) in [5.41, 5.74) is 0.0546. The van der Waals surface area contributed by atoms with Gasteiger partial charge in [0.25, 0.3) is 0 Å². The van der Waals surface area contributed by atoms with Crippen molar-refractivity contribution in [3.8, 4) is 0 Å². The number of carbonyl (C=O) groups excluding carboxylic acids is 1. The zero-order valence-electron chi connectivity index (χ0n) is 12.2. The van der Waals surface area contributed by atoms with E-state index in [0.29, 0.717) is 6.42 Å². The number of nitrogens with one attached hydrogen (secondary N) is 2. The Morgan fingerprint density at radius 1 is 1.28 bits per heavy atom. The molecule has 4 nitrogen and oxygen atoms in total. The van der Waals surface area contributed by atoms with E-state index in [2.05, 4.69) is 29.5 Å². The van der Waals surface area contributed by atoms with Crippen molar-refractivity contribution in [1.29, 1.82) is 0 Å². The van der Waals surface area contributed by atoms with E-state index in [1.165, 1.54) is 19.3 Å². The zero-order chi connectivity index (χ0) is 13.4. The van der Waals surface area contributed by atoms with Crippen LogP contribution >= 0.6 is 0 Å². The first-order valence-electron chi connectivity index (χ1n) is 7.26. The number of likely N-dealkylation sites (N-methyl/N-ethyl adjacent to an activating group) is 1. The second kappa shape index (κ2) is 7.74. The minimum absolute atomic E-state index is 0.0546. The van der Waals surface area contributed by atoms with E-state index in [0.717, 1.165) is 32.5 Å². The maximum absolute atomic E-state index is 12.0. The van der Waals surface area contributed by atoms with Crippen molar-refractivity contribution < 1.29 is 4.79 Å². The number of rotatable bonds is 7. The Labute approximate surface area is 111 Å². The molecule has 0 unspecified atom stereocenters. The SMILES string of the molecule is CCN(C)CCNC(=O)CC1(NC)CCCCC1. The Kier molecular flexibility index (Phi) is 6.65. The van der Waals surface area contributed by atoms with Crippen molar-refractivity contribution in [2.24, 2.45) is 0 Å². The largest absolute Gasteiger partial charge is 0.355 e. The molecule has 106 valence electrons. The molecule has 0 aliphatic heterocycles. The van der Waals surface area contributed by atoms with Crippen molar-refractivity contribution >= 4 is 5.91 Å². The summed E-state index contributed by atoms with van der Waals surface area (Å²) in [6, 6.07) is 0. The van der Waals surface area contributed by atoms with Gasteiger partial charge in [0.05, 0.1) is 0 Å². The molecule has 1 rings (SSSR count). The highest BCUT2D eigenvalue weighted by molar-refractivity contribution is 5.77. The summed E-state index contributed by atoms with van der Waals surface area (Å²) in [5.74, 6) is 0.191. The third-order valence-corrected chi connectivity index (χ3v) is 4.20. The van der Waals surface area contributed by atoms with E-state index < -0.39 is 0 Å². The van der Waals surface area contributed by atoms with Crippen LogP contribution in [0.1, 0.15) is 45.4 Å². The number of carbonyl (C=O) groups is 1. The van der Waals surface area contributed by atoms with E-state index in [9.17, 15) is 4.79 Å². The summed E-state index contributed by atoms with van der Waals surface area (Å²) in [6.45, 7) is 4.83. The van der Waals surface area contributed by atoms with Gasteiger partial charge in [-0.05, 0) is 33.5 Å². The van der Waals surface area contributed by atoms with Gasteiger partial charge >= 0.3 is 0 Å². The maximum Gasteiger partial charge on any atom is 0.221 e. The number of amides is 1. The molecule has 1 aliphatic carbocycles. The average Bonchev–Trinajstić information content (AvgIpc) is 2.39. The van der Waals surface area contributed by atoms with Gasteiger partial charge in [-0.2, -0.15) is 0 Å². The standard InChI is InChI=1S/C14H29N3O/c1-4-17(3)11-10-16-13(18)12-14(15-2)8-6-5-7-9-14/h15H,4-12H2,1-3H3,(H,16,18). The Hall–Kier alpha value is -0.610. The molecule has 0 heterocycles. The van der Waals surface area contributed by atoms with E-state index in [4.69, 9.17) is 0 Å². The third-order valence-electron chi connectivity index (χ3n) is 4.20. The minimum atomic E-state index is 0.0546. The maximum atomic E-state index is 12.0. The highest BCUT2D eigenvalue weighted by Crippen LogP contribution is 2.30. The molecule has 18 heavy (non-hydrogen) atoms. The number of nitrogens with zero attached hydrogens (tertiary/aromatic N) is 1. The monoisotopic (exact) mass is 255 g/mol. The molecule has 0 aromatic rings. The summed E-state index contributed by atoms with van der Waals surface area (Å²) in [7, 11) is 4.06. The van der Waals surface area contributed by atoms with Crippen LogP contribution in [0, 0.1) is 0 Å². The molecule has 0 aromatic carbocycles. The summed E-state index contributed by atoms with van der Waals surface area (Å²) < 4.78 is 0. The summed E-state index contributed by atoms with van der Waals surface area (Å²) in [5, 5.41) is 6.42. The normalized spacial score (nSPS) is 18.9. The minimum Gasteiger partial charge on any atom is -0.355 e. The molecule has 1 saturated carbocycles. The highest BCUT2D eigenvalue weighted by Gasteiger charge is 2.32. The fourth-order valence-corrected chi connectivity index (χ4v) is 2.66. The lowest BCUT2D eigenvalue weighted by atomic mass is 9.79. The average molecular weight is 255 g/mol. The molecule has 0 bridgehead atoms. The van der Waals surface area contributed by atoms with Crippen molar-refractivity contribution in [1.82, 2.24) is 15.5 Å². The summed E-state index contributed by atoms with van der Waals surface area (Å²) in [6.07, 6.45) is 6.68. The first-order chi connectivity index (χ1) is 8.62. The molecule has 0 spiro atoms. The third kappa shape index (κ3) is 4.94. The van der Waals surface area contributed by atoms with Crippen LogP contribution in [0.2, 0.25) is 0 Å². The summed E-state index contributed by atoms with van der Waals surface area (Å²) >= 11 is 0. The van der Waals surface area contributed by atoms with Gasteiger partial charge in [0.15, 0.2) is 0 Å². The fourth-order valence-electron chi connectivity index (χ4n) is 2.66. The van der Waals surface area contributed by atoms with Crippen molar-refractivity contribution in [2.75, 3.05) is 33.7 Å². The van der Waals surface area contributed by atoms with Gasteiger partial charge in [0.2, 0.25) is 5.91 Å². The van der Waals surface area contributed by atoms with E-state index in [1.54, 1.807) is 0 Å². The first kappa shape index (κ1) is 15.4. The number of hydrogen-bond acceptors (Lipinski definition) is 3. The fraction of sp³-hybridized carbons (Fsp3) is 0.929. The second-order valence-corrected chi connectivity index (χ2v) is 5.51. The van der Waals surface area contributed by atoms with Crippen LogP contribution in [0.3, 0.4) is 0 Å². The van der Waals surface area contributed by atoms with E-state index in [1.807, 2.05) is 7.05 Å². The topological polar surface area (TPSA) is 44.4 Å². The van der Waals surface area contributed by atoms with Crippen LogP contribution < -0.4 is 10.6 Å². The molecular weight excluding hydrogens is 226 g/mol. The number of hydrogen-bond donors (Lipinski definition) is 2. The van der Waals surface area contributed by atoms with Crippen molar-refractivity contribution in [3.05, 3.63) is 0 Å². The van der Waals surface area contributed by atoms with Gasteiger partial charge in [-0.15, -0.1) is 0 Å². The second-order valence-electron chi connectivity index (χ2n) is 5.51. The zero-order valence-corrected chi connectivity index (χ0v) is 12.2. The molecule has 0 radical (unpaired) electrons. The molecular formula is C14H29N3O. The van der Waals surface area contributed by atoms with Crippen LogP contribution in [0.15, 0.2) is 0 Å². The van der Waals surface area contributed by atoms with Gasteiger partial charge in [-0.3, -0.25) is 4.79 Å². The predicted molar refractivity (Wildman–Crippen MR) is 75.7 cm³/mol. The van der Waals surface area contributed by atoms with Gasteiger partial charge in [0.1, 0.15) is 0 Å². The van der Waals surface area contributed by atoms with Gasteiger partial charge < -0.3 is 15.5 Å². The Balaban J connectivity index is 2.29. The van der Waals surface area contributed by atoms with Crippen LogP contribution in [0.25, 0.3) is 0 Å². The lowest BCUT2D eigenvalue weighted by Crippen LogP contribution is -2.48. The van der Waals surface area contributed by atoms with E-state index >= 15 is 0 Å². The highest BCUT2D eigenvalue weighted by atomic mass is 16.1. The van der Waals surface area contributed by atoms with Crippen molar-refractivity contribution in [3.63, 3.8) is 0 Å². The van der Waals surface area contributed by atoms with Gasteiger partial charge in [-0.1, -0.05) is 26.2 Å². The predicted octanol–water partition coefficient (Wildman–Crippen LogP) is 1.37. The van der Waals surface area contributed by atoms with Crippen LogP contribution in [-0.4, -0.2) is 50.1 Å². The lowest BCUT2D eigenvalue weighted by molar-refractivity contribution is -0.122. The molecule has 0 atom stereocenters.